The highest BCUT2D eigenvalue weighted by Gasteiger charge is 2.37. The molecular formula is C32H51NOS. The minimum atomic E-state index is 0.255. The predicted octanol–water partition coefficient (Wildman–Crippen LogP) is 10.2. The topological polar surface area (TPSA) is 30.0 Å². The molecule has 0 saturated heterocycles. The van der Waals surface area contributed by atoms with Crippen LogP contribution in [0.2, 0.25) is 0 Å². The van der Waals surface area contributed by atoms with E-state index in [1.807, 2.05) is 18.3 Å². The Labute approximate surface area is 220 Å². The first kappa shape index (κ1) is 29.7. The Morgan fingerprint density at radius 2 is 1.57 bits per heavy atom. The molecule has 2 aliphatic rings. The lowest BCUT2D eigenvalue weighted by Gasteiger charge is -2.42. The van der Waals surface area contributed by atoms with Gasteiger partial charge in [0.1, 0.15) is 5.78 Å². The van der Waals surface area contributed by atoms with E-state index in [0.29, 0.717) is 12.3 Å². The van der Waals surface area contributed by atoms with Crippen LogP contribution in [0, 0.1) is 5.92 Å². The van der Waals surface area contributed by atoms with Crippen molar-refractivity contribution >= 4 is 17.1 Å². The number of aromatic nitrogens is 1. The van der Waals surface area contributed by atoms with Gasteiger partial charge in [0.2, 0.25) is 0 Å². The molecule has 1 fully saturated rings. The summed E-state index contributed by atoms with van der Waals surface area (Å²) in [5.74, 6) is 1.83. The number of carbonyl (C=O) groups is 1. The van der Waals surface area contributed by atoms with Crippen molar-refractivity contribution in [3.8, 4) is 11.3 Å². The number of fused-ring (bicyclic) bond motifs is 1. The maximum Gasteiger partial charge on any atom is 0.129 e. The van der Waals surface area contributed by atoms with E-state index in [1.54, 1.807) is 6.92 Å². The zero-order valence-electron chi connectivity index (χ0n) is 24.1. The van der Waals surface area contributed by atoms with Gasteiger partial charge in [-0.05, 0) is 66.5 Å². The molecule has 2 atom stereocenters. The van der Waals surface area contributed by atoms with E-state index in [2.05, 4.69) is 72.0 Å². The molecule has 196 valence electrons. The van der Waals surface area contributed by atoms with Crippen molar-refractivity contribution in [1.29, 1.82) is 0 Å². The van der Waals surface area contributed by atoms with Gasteiger partial charge in [-0.15, -0.1) is 11.3 Å². The lowest BCUT2D eigenvalue weighted by Crippen LogP contribution is -2.33. The Morgan fingerprint density at radius 3 is 2.17 bits per heavy atom. The smallest absolute Gasteiger partial charge is 0.129 e. The first-order chi connectivity index (χ1) is 16.4. The Hall–Kier alpha value is -1.48. The molecule has 4 rings (SSSR count). The van der Waals surface area contributed by atoms with Crippen LogP contribution in [0.25, 0.3) is 11.3 Å². The highest BCUT2D eigenvalue weighted by molar-refractivity contribution is 7.10. The molecule has 1 aromatic heterocycles. The summed E-state index contributed by atoms with van der Waals surface area (Å²) in [6, 6.07) is 7.15. The summed E-state index contributed by atoms with van der Waals surface area (Å²) in [7, 11) is 0. The van der Waals surface area contributed by atoms with Crippen LogP contribution in [0.4, 0.5) is 0 Å². The van der Waals surface area contributed by atoms with Gasteiger partial charge in [0.25, 0.3) is 0 Å². The quantitative estimate of drug-likeness (QED) is 0.395. The van der Waals surface area contributed by atoms with E-state index < -0.39 is 0 Å². The molecule has 0 bridgehead atoms. The molecule has 0 aliphatic heterocycles. The maximum absolute atomic E-state index is 9.81. The van der Waals surface area contributed by atoms with Crippen LogP contribution in [0.3, 0.4) is 0 Å². The van der Waals surface area contributed by atoms with Crippen LogP contribution < -0.4 is 0 Å². The Morgan fingerprint density at radius 1 is 0.971 bits per heavy atom. The van der Waals surface area contributed by atoms with Gasteiger partial charge in [-0.3, -0.25) is 0 Å². The van der Waals surface area contributed by atoms with E-state index in [1.165, 1.54) is 78.8 Å². The zero-order chi connectivity index (χ0) is 26.2. The number of nitrogens with zero attached hydrogens (tertiary/aromatic N) is 1. The molecule has 2 unspecified atom stereocenters. The Bertz CT molecular complexity index is 939. The molecule has 1 aromatic carbocycles. The second kappa shape index (κ2) is 13.2. The van der Waals surface area contributed by atoms with Gasteiger partial charge < -0.3 is 4.79 Å². The lowest BCUT2D eigenvalue weighted by atomic mass is 9.63. The van der Waals surface area contributed by atoms with Crippen molar-refractivity contribution < 1.29 is 4.79 Å². The number of Topliss-reactive ketones (excluding diaryl/α,β-unsaturated/α-hetero) is 1. The molecule has 1 heterocycles. The summed E-state index contributed by atoms with van der Waals surface area (Å²) in [6.45, 7) is 19.7. The molecule has 2 aromatic rings. The third-order valence-corrected chi connectivity index (χ3v) is 8.78. The zero-order valence-corrected chi connectivity index (χ0v) is 24.9. The van der Waals surface area contributed by atoms with Gasteiger partial charge in [0.15, 0.2) is 0 Å². The van der Waals surface area contributed by atoms with E-state index >= 15 is 0 Å². The SMILES string of the molecule is CC1CCCC(c2nc(-c3ccc4c(c3)C(C)(C)CCC4(C)C)cs2)CC1.CCC.CCC(C)=O. The average molecular weight is 498 g/mol. The van der Waals surface area contributed by atoms with Crippen LogP contribution in [0.1, 0.15) is 142 Å². The molecule has 0 radical (unpaired) electrons. The van der Waals surface area contributed by atoms with E-state index in [-0.39, 0.29) is 16.6 Å². The molecule has 0 N–H and O–H groups in total. The van der Waals surface area contributed by atoms with E-state index in [0.717, 1.165) is 5.92 Å². The van der Waals surface area contributed by atoms with Gasteiger partial charge in [-0.2, -0.15) is 0 Å². The number of ketones is 1. The van der Waals surface area contributed by atoms with Crippen LogP contribution in [-0.4, -0.2) is 10.8 Å². The summed E-state index contributed by atoms with van der Waals surface area (Å²) in [5, 5.41) is 3.67. The fraction of sp³-hybridized carbons (Fsp3) is 0.688. The van der Waals surface area contributed by atoms with Crippen LogP contribution in [0.15, 0.2) is 23.6 Å². The first-order valence-electron chi connectivity index (χ1n) is 14.0. The summed E-state index contributed by atoms with van der Waals surface area (Å²) >= 11 is 1.89. The molecule has 2 aliphatic carbocycles. The Kier molecular flexibility index (Phi) is 11.2. The predicted molar refractivity (Wildman–Crippen MR) is 155 cm³/mol. The summed E-state index contributed by atoms with van der Waals surface area (Å²) < 4.78 is 0. The largest absolute Gasteiger partial charge is 0.300 e. The lowest BCUT2D eigenvalue weighted by molar-refractivity contribution is -0.116. The van der Waals surface area contributed by atoms with Crippen molar-refractivity contribution in [3.63, 3.8) is 0 Å². The summed E-state index contributed by atoms with van der Waals surface area (Å²) in [4.78, 5) is 14.9. The third kappa shape index (κ3) is 8.27. The summed E-state index contributed by atoms with van der Waals surface area (Å²) in [6.07, 6.45) is 11.2. The molecule has 1 saturated carbocycles. The summed E-state index contributed by atoms with van der Waals surface area (Å²) in [5.41, 5.74) is 6.12. The fourth-order valence-corrected chi connectivity index (χ4v) is 6.09. The van der Waals surface area contributed by atoms with Crippen LogP contribution in [0.5, 0.6) is 0 Å². The number of thiazole rings is 1. The standard InChI is InChI=1S/C25H35NS.C4H8O.C3H8/c1-17-7-6-8-18(10-9-17)23-26-22(16-27-23)19-11-12-20-21(15-19)25(4,5)14-13-24(20,2)3;1-3-4(2)5;1-3-2/h11-12,15-18H,6-10,13-14H2,1-5H3;3H2,1-2H3;3H2,1-2H3. The molecule has 35 heavy (non-hydrogen) atoms. The van der Waals surface area contributed by atoms with E-state index in [9.17, 15) is 4.79 Å². The molecular weight excluding hydrogens is 446 g/mol. The van der Waals surface area contributed by atoms with Gasteiger partial charge in [0, 0.05) is 23.3 Å². The van der Waals surface area contributed by atoms with Crippen molar-refractivity contribution in [2.45, 2.75) is 137 Å². The molecule has 0 spiro atoms. The molecule has 3 heteroatoms. The van der Waals surface area contributed by atoms with Crippen molar-refractivity contribution in [1.82, 2.24) is 4.98 Å². The highest BCUT2D eigenvalue weighted by Crippen LogP contribution is 2.47. The van der Waals surface area contributed by atoms with Crippen molar-refractivity contribution in [2.24, 2.45) is 5.92 Å². The second-order valence-corrected chi connectivity index (χ2v) is 13.1. The van der Waals surface area contributed by atoms with Gasteiger partial charge in [0.05, 0.1) is 10.7 Å². The van der Waals surface area contributed by atoms with Gasteiger partial charge in [-0.1, -0.05) is 93.2 Å². The van der Waals surface area contributed by atoms with Crippen LogP contribution >= 0.6 is 11.3 Å². The average Bonchev–Trinajstić information content (AvgIpc) is 3.20. The first-order valence-corrected chi connectivity index (χ1v) is 14.9. The molecule has 2 nitrogen and oxygen atoms in total. The van der Waals surface area contributed by atoms with E-state index in [4.69, 9.17) is 4.98 Å². The highest BCUT2D eigenvalue weighted by atomic mass is 32.1. The fourth-order valence-electron chi connectivity index (χ4n) is 5.09. The minimum absolute atomic E-state index is 0.255. The number of hydrogen-bond acceptors (Lipinski definition) is 3. The number of benzene rings is 1. The number of rotatable bonds is 3. The number of hydrogen-bond donors (Lipinski definition) is 0. The number of carbonyl (C=O) groups excluding carboxylic acids is 1. The van der Waals surface area contributed by atoms with Crippen molar-refractivity contribution in [2.75, 3.05) is 0 Å². The second-order valence-electron chi connectivity index (χ2n) is 12.2. The minimum Gasteiger partial charge on any atom is -0.300 e. The van der Waals surface area contributed by atoms with Gasteiger partial charge >= 0.3 is 0 Å². The Balaban J connectivity index is 0.000000473. The maximum atomic E-state index is 9.81. The van der Waals surface area contributed by atoms with Crippen molar-refractivity contribution in [3.05, 3.63) is 39.7 Å². The molecule has 0 amide bonds. The van der Waals surface area contributed by atoms with Crippen LogP contribution in [-0.2, 0) is 15.6 Å². The monoisotopic (exact) mass is 497 g/mol. The van der Waals surface area contributed by atoms with Gasteiger partial charge in [-0.25, -0.2) is 4.98 Å². The third-order valence-electron chi connectivity index (χ3n) is 7.78. The normalized spacial score (nSPS) is 22.4.